The Balaban J connectivity index is 1.94. The van der Waals surface area contributed by atoms with Gasteiger partial charge in [0.05, 0.1) is 8.42 Å². The molecule has 0 radical (unpaired) electrons. The number of rotatable bonds is 10. The lowest BCUT2D eigenvalue weighted by atomic mass is 10.1. The Hall–Kier alpha value is -2.66. The lowest BCUT2D eigenvalue weighted by Crippen LogP contribution is -2.63. The van der Waals surface area contributed by atoms with Gasteiger partial charge < -0.3 is 0 Å². The van der Waals surface area contributed by atoms with Gasteiger partial charge in [-0.2, -0.15) is 47.9 Å². The second-order valence-electron chi connectivity index (χ2n) is 8.36. The van der Waals surface area contributed by atoms with E-state index in [1.54, 1.807) is 30.3 Å². The standard InChI is InChI=1S/C26H17F9O3S4/c27-23(28,25(31,32)33)24(29,30)26(34,35)42(36,37)38-41(19-12-6-2-7-13-19,20-14-8-3-9-15-20)22-17-16-21(40-22)39-18-10-4-1-5-11-18/h1-17H. The lowest BCUT2D eigenvalue weighted by Gasteiger charge is -2.40. The number of thiophene rings is 1. The van der Waals surface area contributed by atoms with E-state index < -0.39 is 43.7 Å². The van der Waals surface area contributed by atoms with Crippen LogP contribution in [0.1, 0.15) is 0 Å². The minimum atomic E-state index is -7.45. The van der Waals surface area contributed by atoms with Crippen molar-refractivity contribution in [3.63, 3.8) is 0 Å². The molecule has 0 bridgehead atoms. The first-order chi connectivity index (χ1) is 19.5. The monoisotopic (exact) mass is 676 g/mol. The molecule has 4 rings (SSSR count). The summed E-state index contributed by atoms with van der Waals surface area (Å²) in [7, 11) is -11.2. The number of hydrogen-bond acceptors (Lipinski definition) is 5. The fourth-order valence-electron chi connectivity index (χ4n) is 3.52. The van der Waals surface area contributed by atoms with Gasteiger partial charge in [0.25, 0.3) is 0 Å². The number of halogens is 9. The number of alkyl halides is 9. The van der Waals surface area contributed by atoms with Crippen LogP contribution in [0.4, 0.5) is 39.5 Å². The molecule has 0 aliphatic carbocycles. The third-order valence-electron chi connectivity index (χ3n) is 5.57. The first-order valence-electron chi connectivity index (χ1n) is 11.4. The maximum absolute atomic E-state index is 14.9. The topological polar surface area (TPSA) is 43.4 Å². The minimum absolute atomic E-state index is 0.0939. The summed E-state index contributed by atoms with van der Waals surface area (Å²) < 4.78 is 155. The van der Waals surface area contributed by atoms with Crippen LogP contribution in [-0.2, 0) is 13.7 Å². The SMILES string of the molecule is O=S(=O)(OS(c1ccccc1)(c1ccccc1)c1ccc(Sc2ccccc2)s1)C(F)(F)C(F)(F)C(F)(F)C(F)(F)F. The molecular formula is C26H17F9O3S4. The fraction of sp³-hybridized carbons (Fsp3) is 0.154. The van der Waals surface area contributed by atoms with Crippen LogP contribution in [0.5, 0.6) is 0 Å². The smallest absolute Gasteiger partial charge is 0.201 e. The molecule has 16 heteroatoms. The van der Waals surface area contributed by atoms with E-state index in [-0.39, 0.29) is 14.0 Å². The zero-order valence-corrected chi connectivity index (χ0v) is 23.8. The molecule has 3 nitrogen and oxygen atoms in total. The van der Waals surface area contributed by atoms with Crippen molar-refractivity contribution in [1.82, 2.24) is 0 Å². The van der Waals surface area contributed by atoms with Crippen molar-refractivity contribution in [2.24, 2.45) is 0 Å². The van der Waals surface area contributed by atoms with E-state index >= 15 is 0 Å². The fourth-order valence-corrected chi connectivity index (χ4v) is 11.9. The summed E-state index contributed by atoms with van der Waals surface area (Å²) >= 11 is 2.03. The molecule has 0 N–H and O–H groups in total. The van der Waals surface area contributed by atoms with Crippen LogP contribution >= 0.6 is 33.4 Å². The van der Waals surface area contributed by atoms with Crippen molar-refractivity contribution >= 4 is 43.5 Å². The molecule has 1 aromatic heterocycles. The third-order valence-corrected chi connectivity index (χ3v) is 13.5. The van der Waals surface area contributed by atoms with Crippen molar-refractivity contribution in [2.45, 2.75) is 46.4 Å². The Kier molecular flexibility index (Phi) is 8.79. The van der Waals surface area contributed by atoms with Gasteiger partial charge in [-0.25, -0.2) is 3.63 Å². The van der Waals surface area contributed by atoms with Gasteiger partial charge in [-0.1, -0.05) is 66.4 Å². The van der Waals surface area contributed by atoms with E-state index in [1.165, 1.54) is 84.6 Å². The molecule has 0 fully saturated rings. The van der Waals surface area contributed by atoms with Gasteiger partial charge >= 0.3 is 33.4 Å². The van der Waals surface area contributed by atoms with Crippen LogP contribution in [0.25, 0.3) is 0 Å². The van der Waals surface area contributed by atoms with Gasteiger partial charge in [0.2, 0.25) is 0 Å². The molecule has 226 valence electrons. The maximum Gasteiger partial charge on any atom is 0.460 e. The minimum Gasteiger partial charge on any atom is -0.201 e. The Morgan fingerprint density at radius 1 is 0.595 bits per heavy atom. The zero-order valence-electron chi connectivity index (χ0n) is 20.6. The van der Waals surface area contributed by atoms with Crippen LogP contribution < -0.4 is 0 Å². The van der Waals surface area contributed by atoms with Crippen LogP contribution in [-0.4, -0.2) is 31.7 Å². The molecule has 1 heterocycles. The first kappa shape index (κ1) is 32.3. The third kappa shape index (κ3) is 5.54. The van der Waals surface area contributed by atoms with E-state index in [1.807, 2.05) is 0 Å². The highest BCUT2D eigenvalue weighted by Crippen LogP contribution is 2.73. The van der Waals surface area contributed by atoms with E-state index in [4.69, 9.17) is 3.63 Å². The van der Waals surface area contributed by atoms with Crippen molar-refractivity contribution in [3.05, 3.63) is 103 Å². The largest absolute Gasteiger partial charge is 0.460 e. The summed E-state index contributed by atoms with van der Waals surface area (Å²) in [6, 6.07) is 24.8. The molecule has 0 unspecified atom stereocenters. The highest BCUT2D eigenvalue weighted by Gasteiger charge is 2.86. The molecule has 42 heavy (non-hydrogen) atoms. The average Bonchev–Trinajstić information content (AvgIpc) is 3.41. The molecule has 0 aliphatic rings. The highest BCUT2D eigenvalue weighted by molar-refractivity contribution is 8.34. The Morgan fingerprint density at radius 3 is 1.50 bits per heavy atom. The van der Waals surface area contributed by atoms with Gasteiger partial charge in [0.1, 0.15) is 0 Å². The summed E-state index contributed by atoms with van der Waals surface area (Å²) in [5, 5.41) is -7.03. The van der Waals surface area contributed by atoms with Gasteiger partial charge in [0.15, 0.2) is 0 Å². The van der Waals surface area contributed by atoms with Crippen molar-refractivity contribution in [3.8, 4) is 0 Å². The molecule has 0 spiro atoms. The molecule has 0 amide bonds. The van der Waals surface area contributed by atoms with Crippen molar-refractivity contribution in [1.29, 1.82) is 0 Å². The predicted molar refractivity (Wildman–Crippen MR) is 141 cm³/mol. The molecular weight excluding hydrogens is 660 g/mol. The van der Waals surface area contributed by atoms with E-state index in [2.05, 4.69) is 0 Å². The molecule has 0 saturated carbocycles. The summed E-state index contributed by atoms with van der Waals surface area (Å²) in [4.78, 5) is 0.444. The maximum atomic E-state index is 14.9. The molecule has 0 atom stereocenters. The van der Waals surface area contributed by atoms with Crippen molar-refractivity contribution < 1.29 is 51.6 Å². The second kappa shape index (κ2) is 11.4. The van der Waals surface area contributed by atoms with Crippen LogP contribution in [0.2, 0.25) is 0 Å². The molecule has 3 aromatic carbocycles. The van der Waals surface area contributed by atoms with Gasteiger partial charge in [-0.3, -0.25) is 0 Å². The quantitative estimate of drug-likeness (QED) is 0.157. The summed E-state index contributed by atoms with van der Waals surface area (Å²) in [6.45, 7) is 0. The summed E-state index contributed by atoms with van der Waals surface area (Å²) in [5.41, 5.74) is 0. The van der Waals surface area contributed by atoms with Gasteiger partial charge in [0, 0.05) is 14.7 Å². The van der Waals surface area contributed by atoms with Crippen LogP contribution in [0.15, 0.2) is 126 Å². The Morgan fingerprint density at radius 2 is 1.05 bits per heavy atom. The zero-order chi connectivity index (χ0) is 31.0. The van der Waals surface area contributed by atoms with E-state index in [0.717, 1.165) is 16.2 Å². The van der Waals surface area contributed by atoms with Crippen LogP contribution in [0.3, 0.4) is 0 Å². The second-order valence-corrected chi connectivity index (χ2v) is 15.5. The van der Waals surface area contributed by atoms with Gasteiger partial charge in [-0.05, 0) is 58.8 Å². The lowest BCUT2D eigenvalue weighted by molar-refractivity contribution is -0.382. The predicted octanol–water partition coefficient (Wildman–Crippen LogP) is 9.87. The average molecular weight is 677 g/mol. The Bertz CT molecular complexity index is 1570. The summed E-state index contributed by atoms with van der Waals surface area (Å²) in [6.07, 6.45) is -7.21. The van der Waals surface area contributed by atoms with Crippen LogP contribution in [0, 0.1) is 0 Å². The first-order valence-corrected chi connectivity index (χ1v) is 16.0. The summed E-state index contributed by atoms with van der Waals surface area (Å²) in [5.74, 6) is -14.9. The van der Waals surface area contributed by atoms with E-state index in [9.17, 15) is 47.9 Å². The molecule has 4 aromatic rings. The van der Waals surface area contributed by atoms with Gasteiger partial charge in [-0.15, -0.1) is 11.3 Å². The Labute approximate surface area is 244 Å². The normalized spacial score (nSPS) is 14.1. The van der Waals surface area contributed by atoms with E-state index in [0.29, 0.717) is 4.21 Å². The highest BCUT2D eigenvalue weighted by atomic mass is 32.3. The number of hydrogen-bond donors (Lipinski definition) is 0. The molecule has 0 aliphatic heterocycles. The number of benzene rings is 3. The molecule has 0 saturated heterocycles. The van der Waals surface area contributed by atoms with Crippen molar-refractivity contribution in [2.75, 3.05) is 0 Å².